The molecule has 0 aliphatic carbocycles. The Hall–Kier alpha value is -1.31. The fourth-order valence-electron chi connectivity index (χ4n) is 2.02. The molecule has 0 aromatic heterocycles. The number of aryl methyl sites for hydroxylation is 1. The summed E-state index contributed by atoms with van der Waals surface area (Å²) in [6.07, 6.45) is 5.38. The number of sulfonamides is 1. The van der Waals surface area contributed by atoms with Gasteiger partial charge >= 0.3 is 0 Å². The van der Waals surface area contributed by atoms with Crippen LogP contribution in [0.4, 0.5) is 11.4 Å². The maximum Gasteiger partial charge on any atom is 0.229 e. The van der Waals surface area contributed by atoms with Gasteiger partial charge in [0, 0.05) is 12.1 Å². The lowest BCUT2D eigenvalue weighted by Gasteiger charge is -2.11. The van der Waals surface area contributed by atoms with E-state index in [4.69, 9.17) is 5.73 Å². The van der Waals surface area contributed by atoms with Crippen LogP contribution in [-0.4, -0.2) is 27.1 Å². The highest BCUT2D eigenvalue weighted by molar-refractivity contribution is 7.92. The maximum atomic E-state index is 11.9. The number of hydrogen-bond donors (Lipinski definition) is 3. The molecule has 0 aliphatic heterocycles. The quantitative estimate of drug-likeness (QED) is 0.587. The van der Waals surface area contributed by atoms with E-state index in [-0.39, 0.29) is 18.3 Å². The topological polar surface area (TPSA) is 101 Å². The third kappa shape index (κ3) is 9.43. The Morgan fingerprint density at radius 2 is 1.83 bits per heavy atom. The highest BCUT2D eigenvalue weighted by Gasteiger charge is 2.08. The number of carbonyl (C=O) groups is 1. The number of unbranched alkanes of at least 4 members (excludes halogenated alkanes) is 3. The Bertz CT molecular complexity index is 606. The van der Waals surface area contributed by atoms with Crippen molar-refractivity contribution in [2.75, 3.05) is 22.8 Å². The van der Waals surface area contributed by atoms with Crippen molar-refractivity contribution >= 4 is 39.7 Å². The van der Waals surface area contributed by atoms with Crippen molar-refractivity contribution in [1.29, 1.82) is 0 Å². The largest absolute Gasteiger partial charge is 0.330 e. The number of rotatable bonds is 9. The fraction of sp³-hybridized carbons (Fsp3) is 0.533. The number of halogens is 1. The summed E-state index contributed by atoms with van der Waals surface area (Å²) in [7, 11) is -3.34. The van der Waals surface area contributed by atoms with E-state index in [1.807, 2.05) is 0 Å². The first-order valence-corrected chi connectivity index (χ1v) is 9.29. The van der Waals surface area contributed by atoms with Gasteiger partial charge in [-0.3, -0.25) is 9.52 Å². The summed E-state index contributed by atoms with van der Waals surface area (Å²) in [4.78, 5) is 11.9. The summed E-state index contributed by atoms with van der Waals surface area (Å²) < 4.78 is 25.1. The van der Waals surface area contributed by atoms with Crippen molar-refractivity contribution in [2.24, 2.45) is 5.73 Å². The summed E-state index contributed by atoms with van der Waals surface area (Å²) in [5.41, 5.74) is 7.27. The molecule has 1 aromatic carbocycles. The van der Waals surface area contributed by atoms with Crippen LogP contribution in [0.3, 0.4) is 0 Å². The minimum atomic E-state index is -3.34. The highest BCUT2D eigenvalue weighted by Crippen LogP contribution is 2.21. The molecule has 0 bridgehead atoms. The number of carbonyl (C=O) groups excluding carboxylic acids is 1. The molecule has 6 nitrogen and oxygen atoms in total. The Morgan fingerprint density at radius 3 is 2.43 bits per heavy atom. The van der Waals surface area contributed by atoms with Gasteiger partial charge in [-0.1, -0.05) is 18.9 Å². The van der Waals surface area contributed by atoms with Crippen LogP contribution in [0.1, 0.15) is 37.7 Å². The molecule has 0 atom stereocenters. The molecule has 23 heavy (non-hydrogen) atoms. The highest BCUT2D eigenvalue weighted by atomic mass is 35.5. The van der Waals surface area contributed by atoms with Crippen molar-refractivity contribution in [1.82, 2.24) is 0 Å². The summed E-state index contributed by atoms with van der Waals surface area (Å²) in [5.74, 6) is -0.0677. The van der Waals surface area contributed by atoms with Gasteiger partial charge in [0.1, 0.15) is 0 Å². The zero-order valence-electron chi connectivity index (χ0n) is 13.6. The van der Waals surface area contributed by atoms with E-state index >= 15 is 0 Å². The molecular formula is C15H26ClN3O3S. The fourth-order valence-corrected chi connectivity index (χ4v) is 2.64. The van der Waals surface area contributed by atoms with Gasteiger partial charge in [-0.25, -0.2) is 8.42 Å². The zero-order valence-corrected chi connectivity index (χ0v) is 15.2. The van der Waals surface area contributed by atoms with Gasteiger partial charge in [0.15, 0.2) is 0 Å². The Labute approximate surface area is 144 Å². The lowest BCUT2D eigenvalue weighted by molar-refractivity contribution is -0.116. The molecule has 1 aromatic rings. The van der Waals surface area contributed by atoms with Crippen LogP contribution in [0.2, 0.25) is 0 Å². The molecule has 0 saturated carbocycles. The van der Waals surface area contributed by atoms with Gasteiger partial charge in [0.05, 0.1) is 11.9 Å². The van der Waals surface area contributed by atoms with E-state index in [1.54, 1.807) is 25.1 Å². The second-order valence-corrected chi connectivity index (χ2v) is 7.15. The molecule has 1 amide bonds. The van der Waals surface area contributed by atoms with Crippen molar-refractivity contribution < 1.29 is 13.2 Å². The monoisotopic (exact) mass is 363 g/mol. The number of hydrogen-bond acceptors (Lipinski definition) is 4. The SMILES string of the molecule is Cc1ccc(NC(=O)CCCCCCN)cc1NS(C)(=O)=O.Cl. The van der Waals surface area contributed by atoms with Crippen LogP contribution in [0.5, 0.6) is 0 Å². The van der Waals surface area contributed by atoms with Gasteiger partial charge < -0.3 is 11.1 Å². The first kappa shape index (κ1) is 21.7. The summed E-state index contributed by atoms with van der Waals surface area (Å²) in [6.45, 7) is 2.49. The van der Waals surface area contributed by atoms with E-state index in [0.29, 0.717) is 24.3 Å². The molecule has 0 heterocycles. The van der Waals surface area contributed by atoms with E-state index in [1.165, 1.54) is 0 Å². The standard InChI is InChI=1S/C15H25N3O3S.ClH/c1-12-8-9-13(11-14(12)18-22(2,20)21)17-15(19)7-5-3-4-6-10-16;/h8-9,11,18H,3-7,10,16H2,1-2H3,(H,17,19);1H. The molecule has 0 aliphatic rings. The first-order chi connectivity index (χ1) is 10.3. The van der Waals surface area contributed by atoms with Crippen LogP contribution < -0.4 is 15.8 Å². The van der Waals surface area contributed by atoms with Crippen molar-refractivity contribution in [3.63, 3.8) is 0 Å². The minimum Gasteiger partial charge on any atom is -0.330 e. The predicted molar refractivity (Wildman–Crippen MR) is 97.7 cm³/mol. The predicted octanol–water partition coefficient (Wildman–Crippen LogP) is 2.64. The third-order valence-electron chi connectivity index (χ3n) is 3.17. The van der Waals surface area contributed by atoms with Crippen LogP contribution in [0.25, 0.3) is 0 Å². The molecule has 0 unspecified atom stereocenters. The second kappa shape index (κ2) is 10.5. The third-order valence-corrected chi connectivity index (χ3v) is 3.77. The smallest absolute Gasteiger partial charge is 0.229 e. The van der Waals surface area contributed by atoms with Gasteiger partial charge in [-0.2, -0.15) is 0 Å². The number of benzene rings is 1. The van der Waals surface area contributed by atoms with E-state index < -0.39 is 10.0 Å². The Kier molecular flexibility index (Phi) is 9.87. The molecular weight excluding hydrogens is 338 g/mol. The van der Waals surface area contributed by atoms with Crippen molar-refractivity contribution in [3.8, 4) is 0 Å². The minimum absolute atomic E-state index is 0. The molecule has 132 valence electrons. The zero-order chi connectivity index (χ0) is 16.6. The Balaban J connectivity index is 0.00000484. The summed E-state index contributed by atoms with van der Waals surface area (Å²) in [5, 5.41) is 2.79. The molecule has 0 fully saturated rings. The average Bonchev–Trinajstić information content (AvgIpc) is 2.41. The number of nitrogens with one attached hydrogen (secondary N) is 2. The molecule has 0 radical (unpaired) electrons. The van der Waals surface area contributed by atoms with Gasteiger partial charge in [-0.05, 0) is 44.0 Å². The van der Waals surface area contributed by atoms with Gasteiger partial charge in [0.2, 0.25) is 15.9 Å². The number of nitrogens with two attached hydrogens (primary N) is 1. The van der Waals surface area contributed by atoms with E-state index in [9.17, 15) is 13.2 Å². The van der Waals surface area contributed by atoms with Crippen LogP contribution in [0.15, 0.2) is 18.2 Å². The van der Waals surface area contributed by atoms with Crippen LogP contribution >= 0.6 is 12.4 Å². The van der Waals surface area contributed by atoms with Crippen LogP contribution in [0, 0.1) is 6.92 Å². The first-order valence-electron chi connectivity index (χ1n) is 7.40. The normalized spacial score (nSPS) is 10.7. The lowest BCUT2D eigenvalue weighted by atomic mass is 10.1. The Morgan fingerprint density at radius 1 is 1.17 bits per heavy atom. The van der Waals surface area contributed by atoms with Gasteiger partial charge in [0.25, 0.3) is 0 Å². The van der Waals surface area contributed by atoms with Gasteiger partial charge in [-0.15, -0.1) is 12.4 Å². The molecule has 1 rings (SSSR count). The van der Waals surface area contributed by atoms with E-state index in [0.717, 1.165) is 37.5 Å². The summed E-state index contributed by atoms with van der Waals surface area (Å²) >= 11 is 0. The van der Waals surface area contributed by atoms with E-state index in [2.05, 4.69) is 10.0 Å². The molecule has 8 heteroatoms. The molecule has 0 saturated heterocycles. The van der Waals surface area contributed by atoms with Crippen molar-refractivity contribution in [2.45, 2.75) is 39.0 Å². The lowest BCUT2D eigenvalue weighted by Crippen LogP contribution is -2.13. The maximum absolute atomic E-state index is 11.9. The molecule has 0 spiro atoms. The summed E-state index contributed by atoms with van der Waals surface area (Å²) in [6, 6.07) is 5.15. The number of anilines is 2. The number of amides is 1. The molecule has 4 N–H and O–H groups in total. The average molecular weight is 364 g/mol. The second-order valence-electron chi connectivity index (χ2n) is 5.40. The van der Waals surface area contributed by atoms with Crippen molar-refractivity contribution in [3.05, 3.63) is 23.8 Å². The van der Waals surface area contributed by atoms with Crippen LogP contribution in [-0.2, 0) is 14.8 Å².